The van der Waals surface area contributed by atoms with Gasteiger partial charge >= 0.3 is 0 Å². The summed E-state index contributed by atoms with van der Waals surface area (Å²) in [6.07, 6.45) is 0.957. The molecule has 1 heterocycles. The molecule has 1 aromatic rings. The van der Waals surface area contributed by atoms with Gasteiger partial charge < -0.3 is 16.0 Å². The van der Waals surface area contributed by atoms with E-state index in [1.54, 1.807) is 0 Å². The summed E-state index contributed by atoms with van der Waals surface area (Å²) in [5.41, 5.74) is 6.65. The van der Waals surface area contributed by atoms with Crippen molar-refractivity contribution in [1.82, 2.24) is 15.1 Å². The minimum absolute atomic E-state index is 0.0706. The van der Waals surface area contributed by atoms with Gasteiger partial charge in [-0.05, 0) is 19.0 Å². The van der Waals surface area contributed by atoms with Crippen LogP contribution in [0.25, 0.3) is 0 Å². The summed E-state index contributed by atoms with van der Waals surface area (Å²) < 4.78 is 0. The molecule has 0 radical (unpaired) electrons. The van der Waals surface area contributed by atoms with Gasteiger partial charge in [0, 0.05) is 38.8 Å². The minimum atomic E-state index is -0.0759. The van der Waals surface area contributed by atoms with Crippen molar-refractivity contribution >= 4 is 5.91 Å². The number of carbonyl (C=O) groups is 1. The second-order valence-electron chi connectivity index (χ2n) is 5.63. The highest BCUT2D eigenvalue weighted by atomic mass is 16.1. The number of hydrogen-bond acceptors (Lipinski definition) is 4. The van der Waals surface area contributed by atoms with Crippen LogP contribution < -0.4 is 11.1 Å². The number of hydrogen-bond donors (Lipinski definition) is 2. The number of likely N-dealkylation sites (N-methyl/N-ethyl adjacent to an activating group) is 1. The maximum atomic E-state index is 11.1. The molecule has 116 valence electrons. The van der Waals surface area contributed by atoms with Gasteiger partial charge in [0.05, 0.1) is 6.54 Å². The van der Waals surface area contributed by atoms with E-state index in [0.717, 1.165) is 32.6 Å². The highest BCUT2D eigenvalue weighted by Crippen LogP contribution is 2.24. The van der Waals surface area contributed by atoms with Gasteiger partial charge in [-0.15, -0.1) is 0 Å². The van der Waals surface area contributed by atoms with E-state index in [0.29, 0.717) is 12.6 Å². The van der Waals surface area contributed by atoms with E-state index in [2.05, 4.69) is 52.5 Å². The summed E-state index contributed by atoms with van der Waals surface area (Å²) in [5, 5.41) is 2.83. The minimum Gasteiger partial charge on any atom is -0.355 e. The molecule has 5 heteroatoms. The molecule has 1 amide bonds. The molecule has 1 aliphatic heterocycles. The summed E-state index contributed by atoms with van der Waals surface area (Å²) in [6.45, 7) is 4.99. The SMILES string of the molecule is CN1CCN(CCCNC(=O)CN)C(c2ccccc2)C1. The van der Waals surface area contributed by atoms with Gasteiger partial charge in [0.25, 0.3) is 0 Å². The summed E-state index contributed by atoms with van der Waals surface area (Å²) >= 11 is 0. The summed E-state index contributed by atoms with van der Waals surface area (Å²) in [5.74, 6) is -0.0759. The van der Waals surface area contributed by atoms with Crippen molar-refractivity contribution in [1.29, 1.82) is 0 Å². The quantitative estimate of drug-likeness (QED) is 0.746. The molecule has 1 unspecified atom stereocenters. The highest BCUT2D eigenvalue weighted by Gasteiger charge is 2.25. The van der Waals surface area contributed by atoms with Crippen LogP contribution in [-0.4, -0.2) is 62.0 Å². The normalized spacial score (nSPS) is 20.4. The molecule has 1 aromatic carbocycles. The first-order valence-corrected chi connectivity index (χ1v) is 7.65. The number of carbonyl (C=O) groups excluding carboxylic acids is 1. The monoisotopic (exact) mass is 290 g/mol. The second kappa shape index (κ2) is 8.12. The lowest BCUT2D eigenvalue weighted by molar-refractivity contribution is -0.119. The predicted molar refractivity (Wildman–Crippen MR) is 84.9 cm³/mol. The van der Waals surface area contributed by atoms with Crippen molar-refractivity contribution in [3.8, 4) is 0 Å². The third kappa shape index (κ3) is 4.81. The number of nitrogens with one attached hydrogen (secondary N) is 1. The molecule has 0 aromatic heterocycles. The van der Waals surface area contributed by atoms with E-state index in [1.807, 2.05) is 0 Å². The lowest BCUT2D eigenvalue weighted by Crippen LogP contribution is -2.47. The van der Waals surface area contributed by atoms with Crippen molar-refractivity contribution < 1.29 is 4.79 Å². The number of nitrogens with zero attached hydrogens (tertiary/aromatic N) is 2. The molecular weight excluding hydrogens is 264 g/mol. The van der Waals surface area contributed by atoms with Crippen LogP contribution in [0, 0.1) is 0 Å². The van der Waals surface area contributed by atoms with Crippen LogP contribution in [-0.2, 0) is 4.79 Å². The zero-order valence-electron chi connectivity index (χ0n) is 12.8. The first-order valence-electron chi connectivity index (χ1n) is 7.65. The zero-order chi connectivity index (χ0) is 15.1. The Morgan fingerprint density at radius 3 is 2.81 bits per heavy atom. The fraction of sp³-hybridized carbons (Fsp3) is 0.562. The third-order valence-electron chi connectivity index (χ3n) is 4.01. The molecule has 1 atom stereocenters. The van der Waals surface area contributed by atoms with E-state index in [1.165, 1.54) is 5.56 Å². The number of nitrogens with two attached hydrogens (primary N) is 1. The van der Waals surface area contributed by atoms with Crippen molar-refractivity contribution in [2.24, 2.45) is 5.73 Å². The van der Waals surface area contributed by atoms with Gasteiger partial charge in [-0.3, -0.25) is 9.69 Å². The maximum Gasteiger partial charge on any atom is 0.233 e. The molecule has 3 N–H and O–H groups in total. The van der Waals surface area contributed by atoms with E-state index in [-0.39, 0.29) is 12.5 Å². The van der Waals surface area contributed by atoms with Gasteiger partial charge in [0.1, 0.15) is 0 Å². The number of amides is 1. The lowest BCUT2D eigenvalue weighted by atomic mass is 10.0. The molecule has 0 spiro atoms. The van der Waals surface area contributed by atoms with Gasteiger partial charge in [-0.1, -0.05) is 30.3 Å². The first kappa shape index (κ1) is 15.9. The molecule has 2 rings (SSSR count). The Hall–Kier alpha value is -1.43. The number of rotatable bonds is 6. The Bertz CT molecular complexity index is 437. The number of piperazine rings is 1. The molecule has 21 heavy (non-hydrogen) atoms. The largest absolute Gasteiger partial charge is 0.355 e. The second-order valence-corrected chi connectivity index (χ2v) is 5.63. The fourth-order valence-corrected chi connectivity index (χ4v) is 2.80. The van der Waals surface area contributed by atoms with Gasteiger partial charge in [0.15, 0.2) is 0 Å². The third-order valence-corrected chi connectivity index (χ3v) is 4.01. The van der Waals surface area contributed by atoms with E-state index >= 15 is 0 Å². The van der Waals surface area contributed by atoms with Crippen LogP contribution in [0.3, 0.4) is 0 Å². The number of benzene rings is 1. The molecule has 0 aliphatic carbocycles. The van der Waals surface area contributed by atoms with E-state index in [4.69, 9.17) is 5.73 Å². The van der Waals surface area contributed by atoms with Crippen molar-refractivity contribution in [2.45, 2.75) is 12.5 Å². The average Bonchev–Trinajstić information content (AvgIpc) is 2.53. The highest BCUT2D eigenvalue weighted by molar-refractivity contribution is 5.77. The fourth-order valence-electron chi connectivity index (χ4n) is 2.80. The van der Waals surface area contributed by atoms with Crippen LogP contribution in [0.2, 0.25) is 0 Å². The molecular formula is C16H26N4O. The Balaban J connectivity index is 1.88. The Morgan fingerprint density at radius 2 is 2.10 bits per heavy atom. The van der Waals surface area contributed by atoms with Crippen LogP contribution in [0.5, 0.6) is 0 Å². The van der Waals surface area contributed by atoms with Crippen LogP contribution >= 0.6 is 0 Å². The van der Waals surface area contributed by atoms with Gasteiger partial charge in [0.2, 0.25) is 5.91 Å². The lowest BCUT2D eigenvalue weighted by Gasteiger charge is -2.40. The topological polar surface area (TPSA) is 61.6 Å². The van der Waals surface area contributed by atoms with E-state index < -0.39 is 0 Å². The van der Waals surface area contributed by atoms with Crippen LogP contribution in [0.4, 0.5) is 0 Å². The standard InChI is InChI=1S/C16H26N4O/c1-19-10-11-20(9-5-8-18-16(21)12-17)15(13-19)14-6-3-2-4-7-14/h2-4,6-7,15H,5,8-13,17H2,1H3,(H,18,21). The van der Waals surface area contributed by atoms with Crippen molar-refractivity contribution in [3.05, 3.63) is 35.9 Å². The van der Waals surface area contributed by atoms with Crippen molar-refractivity contribution in [3.63, 3.8) is 0 Å². The molecule has 0 bridgehead atoms. The van der Waals surface area contributed by atoms with Crippen LogP contribution in [0.15, 0.2) is 30.3 Å². The zero-order valence-corrected chi connectivity index (χ0v) is 12.8. The average molecular weight is 290 g/mol. The summed E-state index contributed by atoms with van der Waals surface area (Å²) in [7, 11) is 2.18. The van der Waals surface area contributed by atoms with Gasteiger partial charge in [-0.2, -0.15) is 0 Å². The molecule has 1 fully saturated rings. The van der Waals surface area contributed by atoms with Crippen LogP contribution in [0.1, 0.15) is 18.0 Å². The molecule has 1 saturated heterocycles. The Morgan fingerprint density at radius 1 is 1.33 bits per heavy atom. The van der Waals surface area contributed by atoms with Gasteiger partial charge in [-0.25, -0.2) is 0 Å². The molecule has 0 saturated carbocycles. The Kier molecular flexibility index (Phi) is 6.17. The van der Waals surface area contributed by atoms with Crippen molar-refractivity contribution in [2.75, 3.05) is 46.3 Å². The Labute approximate surface area is 127 Å². The summed E-state index contributed by atoms with van der Waals surface area (Å²) in [6, 6.07) is 11.1. The maximum absolute atomic E-state index is 11.1. The predicted octanol–water partition coefficient (Wildman–Crippen LogP) is 0.440. The molecule has 1 aliphatic rings. The smallest absolute Gasteiger partial charge is 0.233 e. The molecule has 5 nitrogen and oxygen atoms in total. The first-order chi connectivity index (χ1) is 10.2. The van der Waals surface area contributed by atoms with E-state index in [9.17, 15) is 4.79 Å². The summed E-state index contributed by atoms with van der Waals surface area (Å²) in [4.78, 5) is 16.0.